The molecule has 0 bridgehead atoms. The third kappa shape index (κ3) is 6.54. The van der Waals surface area contributed by atoms with Crippen molar-refractivity contribution in [2.75, 3.05) is 0 Å². The summed E-state index contributed by atoms with van der Waals surface area (Å²) in [6.45, 7) is 0. The van der Waals surface area contributed by atoms with Crippen molar-refractivity contribution in [1.29, 1.82) is 0 Å². The van der Waals surface area contributed by atoms with Gasteiger partial charge in [-0.25, -0.2) is 13.7 Å². The third-order valence-electron chi connectivity index (χ3n) is 2.00. The molecule has 10 nitrogen and oxygen atoms in total. The van der Waals surface area contributed by atoms with Crippen molar-refractivity contribution < 1.29 is 46.4 Å². The summed E-state index contributed by atoms with van der Waals surface area (Å²) in [7, 11) is -15.7. The maximum Gasteiger partial charge on any atom is 0.490 e. The van der Waals surface area contributed by atoms with Crippen LogP contribution in [0, 0.1) is 0 Å². The molecular weight excluding hydrogens is 313 g/mol. The second kappa shape index (κ2) is 5.81. The molecule has 0 aliphatic heterocycles. The van der Waals surface area contributed by atoms with Gasteiger partial charge in [0.25, 0.3) is 0 Å². The third-order valence-corrected chi connectivity index (χ3v) is 5.89. The van der Waals surface area contributed by atoms with Gasteiger partial charge in [-0.05, 0) is 12.8 Å². The Labute approximate surface area is 102 Å². The van der Waals surface area contributed by atoms with Crippen LogP contribution >= 0.6 is 23.5 Å². The topological polar surface area (TPSA) is 160 Å². The van der Waals surface area contributed by atoms with E-state index in [1.54, 1.807) is 0 Å². The van der Waals surface area contributed by atoms with Gasteiger partial charge in [0.15, 0.2) is 0 Å². The Morgan fingerprint density at radius 2 is 1.33 bits per heavy atom. The Balaban J connectivity index is 2.60. The summed E-state index contributed by atoms with van der Waals surface area (Å²) < 4.78 is 44.4. The summed E-state index contributed by atoms with van der Waals surface area (Å²) in [6.07, 6.45) is 1.93. The highest BCUT2D eigenvalue weighted by molar-refractivity contribution is 7.66. The van der Waals surface area contributed by atoms with Crippen LogP contribution in [-0.4, -0.2) is 25.7 Å². The first-order valence-corrected chi connectivity index (χ1v) is 9.33. The summed E-state index contributed by atoms with van der Waals surface area (Å²) >= 11 is 0. The first-order chi connectivity index (χ1) is 7.99. The van der Waals surface area contributed by atoms with E-state index < -0.39 is 29.6 Å². The van der Waals surface area contributed by atoms with Crippen molar-refractivity contribution >= 4 is 23.5 Å². The van der Waals surface area contributed by atoms with Crippen LogP contribution < -0.4 is 0 Å². The van der Waals surface area contributed by atoms with Crippen molar-refractivity contribution in [3.63, 3.8) is 0 Å². The average molecular weight is 326 g/mol. The van der Waals surface area contributed by atoms with Crippen LogP contribution in [0.25, 0.3) is 0 Å². The maximum atomic E-state index is 11.3. The van der Waals surface area contributed by atoms with Crippen molar-refractivity contribution in [1.82, 2.24) is 0 Å². The zero-order chi connectivity index (χ0) is 14.0. The molecule has 0 spiro atoms. The van der Waals surface area contributed by atoms with Crippen molar-refractivity contribution in [2.45, 2.75) is 31.8 Å². The summed E-state index contributed by atoms with van der Waals surface area (Å²) in [5.41, 5.74) is 0. The maximum absolute atomic E-state index is 11.3. The van der Waals surface area contributed by atoms with E-state index in [1.165, 1.54) is 0 Å². The molecule has 1 fully saturated rings. The molecule has 1 aliphatic carbocycles. The lowest BCUT2D eigenvalue weighted by Gasteiger charge is -2.18. The Hall–Kier alpha value is 0.410. The minimum absolute atomic E-state index is 0.489. The van der Waals surface area contributed by atoms with Gasteiger partial charge in [0.05, 0.1) is 6.10 Å². The Morgan fingerprint density at radius 1 is 0.833 bits per heavy atom. The van der Waals surface area contributed by atoms with E-state index in [0.717, 1.165) is 12.8 Å². The minimum Gasteiger partial charge on any atom is -0.302 e. The summed E-state index contributed by atoms with van der Waals surface area (Å²) in [6, 6.07) is 0. The smallest absolute Gasteiger partial charge is 0.302 e. The van der Waals surface area contributed by atoms with Crippen LogP contribution in [0.1, 0.15) is 25.7 Å². The SMILES string of the molecule is O=P(O)(O)OP(=O)(O)OP(=O)(O)OC1CCCC1. The summed E-state index contributed by atoms with van der Waals surface area (Å²) in [5, 5.41) is 0. The van der Waals surface area contributed by atoms with Gasteiger partial charge in [0.1, 0.15) is 0 Å². The highest BCUT2D eigenvalue weighted by Gasteiger charge is 2.42. The van der Waals surface area contributed by atoms with Gasteiger partial charge in [-0.15, -0.1) is 0 Å². The standard InChI is InChI=1S/C5H13O10P3/c6-16(7,8)14-18(11,12)15-17(9,10)13-5-3-1-2-4-5/h5H,1-4H2,(H,9,10)(H,11,12)(H2,6,7,8). The fraction of sp³-hybridized carbons (Fsp3) is 1.00. The first-order valence-electron chi connectivity index (χ1n) is 4.81. The average Bonchev–Trinajstić information content (AvgIpc) is 2.46. The molecule has 0 aromatic carbocycles. The molecule has 0 heterocycles. The molecule has 4 N–H and O–H groups in total. The lowest BCUT2D eigenvalue weighted by molar-refractivity contribution is 0.129. The highest BCUT2D eigenvalue weighted by atomic mass is 31.3. The lowest BCUT2D eigenvalue weighted by atomic mass is 10.3. The van der Waals surface area contributed by atoms with Crippen molar-refractivity contribution in [3.05, 3.63) is 0 Å². The second-order valence-electron chi connectivity index (χ2n) is 3.60. The van der Waals surface area contributed by atoms with Crippen LogP contribution in [0.4, 0.5) is 0 Å². The van der Waals surface area contributed by atoms with E-state index in [1.807, 2.05) is 0 Å². The van der Waals surface area contributed by atoms with E-state index in [9.17, 15) is 13.7 Å². The van der Waals surface area contributed by atoms with Gasteiger partial charge in [-0.3, -0.25) is 4.52 Å². The highest BCUT2D eigenvalue weighted by Crippen LogP contribution is 2.66. The largest absolute Gasteiger partial charge is 0.490 e. The zero-order valence-electron chi connectivity index (χ0n) is 8.99. The molecule has 0 amide bonds. The number of phosphoric acid groups is 3. The van der Waals surface area contributed by atoms with E-state index in [0.29, 0.717) is 12.8 Å². The van der Waals surface area contributed by atoms with Crippen molar-refractivity contribution in [2.24, 2.45) is 0 Å². The van der Waals surface area contributed by atoms with Gasteiger partial charge in [0, 0.05) is 0 Å². The van der Waals surface area contributed by atoms with Crippen LogP contribution in [-0.2, 0) is 26.8 Å². The Morgan fingerprint density at radius 3 is 1.78 bits per heavy atom. The Bertz CT molecular complexity index is 421. The van der Waals surface area contributed by atoms with E-state index in [4.69, 9.17) is 19.6 Å². The molecular formula is C5H13O10P3. The molecule has 0 radical (unpaired) electrons. The Kier molecular flexibility index (Phi) is 5.31. The van der Waals surface area contributed by atoms with Gasteiger partial charge in [-0.1, -0.05) is 12.8 Å². The summed E-state index contributed by atoms with van der Waals surface area (Å²) in [4.78, 5) is 34.6. The number of hydrogen-bond donors (Lipinski definition) is 4. The molecule has 2 atom stereocenters. The normalized spacial score (nSPS) is 24.7. The fourth-order valence-electron chi connectivity index (χ4n) is 1.48. The first kappa shape index (κ1) is 16.5. The molecule has 108 valence electrons. The van der Waals surface area contributed by atoms with E-state index in [-0.39, 0.29) is 0 Å². The quantitative estimate of drug-likeness (QED) is 0.523. The van der Waals surface area contributed by atoms with Gasteiger partial charge in [0.2, 0.25) is 0 Å². The lowest BCUT2D eigenvalue weighted by Crippen LogP contribution is -2.06. The van der Waals surface area contributed by atoms with Crippen LogP contribution in [0.3, 0.4) is 0 Å². The molecule has 2 unspecified atom stereocenters. The van der Waals surface area contributed by atoms with E-state index in [2.05, 4.69) is 13.1 Å². The molecule has 1 rings (SSSR count). The molecule has 0 saturated heterocycles. The van der Waals surface area contributed by atoms with Crippen molar-refractivity contribution in [3.8, 4) is 0 Å². The molecule has 0 aromatic rings. The molecule has 13 heteroatoms. The number of hydrogen-bond acceptors (Lipinski definition) is 6. The van der Waals surface area contributed by atoms with Gasteiger partial charge < -0.3 is 19.6 Å². The summed E-state index contributed by atoms with van der Waals surface area (Å²) in [5.74, 6) is 0. The monoisotopic (exact) mass is 326 g/mol. The van der Waals surface area contributed by atoms with Gasteiger partial charge in [-0.2, -0.15) is 8.62 Å². The predicted octanol–water partition coefficient (Wildman–Crippen LogP) is 1.27. The molecule has 0 aromatic heterocycles. The molecule has 1 saturated carbocycles. The number of rotatable bonds is 6. The van der Waals surface area contributed by atoms with Crippen LogP contribution in [0.5, 0.6) is 0 Å². The second-order valence-corrected chi connectivity index (χ2v) is 7.98. The molecule has 18 heavy (non-hydrogen) atoms. The van der Waals surface area contributed by atoms with E-state index >= 15 is 0 Å². The predicted molar refractivity (Wildman–Crippen MR) is 57.2 cm³/mol. The minimum atomic E-state index is -5.39. The fourth-order valence-corrected chi connectivity index (χ4v) is 4.73. The van der Waals surface area contributed by atoms with Crippen LogP contribution in [0.15, 0.2) is 0 Å². The zero-order valence-corrected chi connectivity index (χ0v) is 11.7. The molecule has 1 aliphatic rings. The number of phosphoric ester groups is 1. The van der Waals surface area contributed by atoms with Crippen LogP contribution in [0.2, 0.25) is 0 Å². The van der Waals surface area contributed by atoms with Gasteiger partial charge >= 0.3 is 23.5 Å².